The Hall–Kier alpha value is -1.27. The molecule has 0 saturated carbocycles. The summed E-state index contributed by atoms with van der Waals surface area (Å²) in [6, 6.07) is 2.99. The van der Waals surface area contributed by atoms with Crippen LogP contribution in [-0.4, -0.2) is 13.5 Å². The molecule has 18 heavy (non-hydrogen) atoms. The quantitative estimate of drug-likeness (QED) is 0.880. The Bertz CT molecular complexity index is 506. The van der Waals surface area contributed by atoms with Crippen LogP contribution in [0.2, 0.25) is 0 Å². The van der Waals surface area contributed by atoms with Crippen molar-refractivity contribution >= 4 is 10.3 Å². The minimum absolute atomic E-state index is 0.00588. The molecule has 0 fully saturated rings. The highest BCUT2D eigenvalue weighted by atomic mass is 32.2. The Morgan fingerprint density at radius 1 is 1.11 bits per heavy atom. The van der Waals surface area contributed by atoms with Crippen molar-refractivity contribution in [1.29, 1.82) is 0 Å². The van der Waals surface area contributed by atoms with Gasteiger partial charge in [-0.3, -0.25) is 0 Å². The Labute approximate surface area is 108 Å². The Morgan fingerprint density at radius 2 is 1.50 bits per heavy atom. The van der Waals surface area contributed by atoms with Gasteiger partial charge in [0.25, 0.3) is 0 Å². The summed E-state index contributed by atoms with van der Waals surface area (Å²) in [5.41, 5.74) is 1.24. The molecular formula is C12H19NO4S. The van der Waals surface area contributed by atoms with Gasteiger partial charge in [-0.05, 0) is 24.0 Å². The zero-order chi connectivity index (χ0) is 14.1. The monoisotopic (exact) mass is 273 g/mol. The summed E-state index contributed by atoms with van der Waals surface area (Å²) in [5, 5.41) is 14.6. The van der Waals surface area contributed by atoms with E-state index in [4.69, 9.17) is 9.32 Å². The lowest BCUT2D eigenvalue weighted by atomic mass is 9.93. The Morgan fingerprint density at radius 3 is 1.78 bits per heavy atom. The summed E-state index contributed by atoms with van der Waals surface area (Å²) in [6.07, 6.45) is 0. The summed E-state index contributed by atoms with van der Waals surface area (Å²) in [5.74, 6) is 0.321. The van der Waals surface area contributed by atoms with Crippen molar-refractivity contribution in [1.82, 2.24) is 0 Å². The third-order valence-corrected chi connectivity index (χ3v) is 2.97. The van der Waals surface area contributed by atoms with Crippen LogP contribution in [-0.2, 0) is 10.3 Å². The van der Waals surface area contributed by atoms with Gasteiger partial charge in [0.15, 0.2) is 5.75 Å². The molecule has 3 N–H and O–H groups in total. The Balaban J connectivity index is 3.51. The van der Waals surface area contributed by atoms with Crippen molar-refractivity contribution in [2.45, 2.75) is 39.5 Å². The van der Waals surface area contributed by atoms with Crippen LogP contribution in [0.4, 0.5) is 0 Å². The molecule has 0 heterocycles. The summed E-state index contributed by atoms with van der Waals surface area (Å²) in [7, 11) is -4.08. The third kappa shape index (κ3) is 3.61. The molecule has 0 aromatic heterocycles. The fourth-order valence-electron chi connectivity index (χ4n) is 1.73. The van der Waals surface area contributed by atoms with Crippen LogP contribution < -0.4 is 9.32 Å². The molecule has 1 aromatic rings. The van der Waals surface area contributed by atoms with E-state index in [-0.39, 0.29) is 23.3 Å². The van der Waals surface area contributed by atoms with Crippen molar-refractivity contribution in [3.63, 3.8) is 0 Å². The highest BCUT2D eigenvalue weighted by Crippen LogP contribution is 2.38. The van der Waals surface area contributed by atoms with E-state index in [9.17, 15) is 13.5 Å². The van der Waals surface area contributed by atoms with Gasteiger partial charge >= 0.3 is 10.3 Å². The second-order valence-electron chi connectivity index (χ2n) is 4.84. The highest BCUT2D eigenvalue weighted by molar-refractivity contribution is 7.84. The van der Waals surface area contributed by atoms with Crippen LogP contribution in [0.3, 0.4) is 0 Å². The zero-order valence-corrected chi connectivity index (χ0v) is 11.8. The van der Waals surface area contributed by atoms with Gasteiger partial charge in [0.1, 0.15) is 5.75 Å². The van der Waals surface area contributed by atoms with Gasteiger partial charge in [0.2, 0.25) is 0 Å². The molecule has 1 aromatic carbocycles. The van der Waals surface area contributed by atoms with Gasteiger partial charge in [0, 0.05) is 11.1 Å². The lowest BCUT2D eigenvalue weighted by Crippen LogP contribution is -2.21. The molecule has 0 aliphatic carbocycles. The minimum Gasteiger partial charge on any atom is -0.508 e. The number of hydrogen-bond donors (Lipinski definition) is 2. The van der Waals surface area contributed by atoms with Gasteiger partial charge in [-0.2, -0.15) is 13.6 Å². The molecule has 6 heteroatoms. The number of hydrogen-bond acceptors (Lipinski definition) is 4. The number of phenols is 1. The van der Waals surface area contributed by atoms with Crippen LogP contribution in [0.15, 0.2) is 12.1 Å². The SMILES string of the molecule is CC(C)c1cc(O)cc(C(C)C)c1OS(N)(=O)=O. The summed E-state index contributed by atoms with van der Waals surface area (Å²) < 4.78 is 27.1. The number of nitrogens with two attached hydrogens (primary N) is 1. The smallest absolute Gasteiger partial charge is 0.380 e. The van der Waals surface area contributed by atoms with E-state index < -0.39 is 10.3 Å². The molecule has 0 amide bonds. The van der Waals surface area contributed by atoms with E-state index in [0.717, 1.165) is 0 Å². The van der Waals surface area contributed by atoms with Crippen molar-refractivity contribution in [3.05, 3.63) is 23.3 Å². The van der Waals surface area contributed by atoms with Gasteiger partial charge < -0.3 is 9.29 Å². The molecule has 0 atom stereocenters. The molecule has 0 radical (unpaired) electrons. The number of benzene rings is 1. The van der Waals surface area contributed by atoms with Gasteiger partial charge in [-0.1, -0.05) is 27.7 Å². The van der Waals surface area contributed by atoms with Crippen LogP contribution >= 0.6 is 0 Å². The number of aromatic hydroxyl groups is 1. The van der Waals surface area contributed by atoms with E-state index >= 15 is 0 Å². The van der Waals surface area contributed by atoms with Gasteiger partial charge in [0.05, 0.1) is 0 Å². The zero-order valence-electron chi connectivity index (χ0n) is 11.0. The van der Waals surface area contributed by atoms with Crippen molar-refractivity contribution in [2.75, 3.05) is 0 Å². The van der Waals surface area contributed by atoms with E-state index in [1.54, 1.807) is 0 Å². The van der Waals surface area contributed by atoms with Crippen molar-refractivity contribution in [3.8, 4) is 11.5 Å². The molecular weight excluding hydrogens is 254 g/mol. The van der Waals surface area contributed by atoms with E-state index in [0.29, 0.717) is 11.1 Å². The topological polar surface area (TPSA) is 89.6 Å². The van der Waals surface area contributed by atoms with Gasteiger partial charge in [-0.15, -0.1) is 0 Å². The number of phenolic OH excluding ortho intramolecular Hbond substituents is 1. The second kappa shape index (κ2) is 5.16. The molecule has 0 saturated heterocycles. The van der Waals surface area contributed by atoms with E-state index in [2.05, 4.69) is 0 Å². The Kier molecular flexibility index (Phi) is 4.24. The van der Waals surface area contributed by atoms with E-state index in [1.807, 2.05) is 27.7 Å². The maximum atomic E-state index is 11.1. The van der Waals surface area contributed by atoms with Crippen LogP contribution in [0, 0.1) is 0 Å². The maximum Gasteiger partial charge on any atom is 0.380 e. The first-order chi connectivity index (χ1) is 8.11. The molecule has 1 rings (SSSR count). The highest BCUT2D eigenvalue weighted by Gasteiger charge is 2.20. The van der Waals surface area contributed by atoms with E-state index in [1.165, 1.54) is 12.1 Å². The molecule has 0 spiro atoms. The summed E-state index contributed by atoms with van der Waals surface area (Å²) in [6.45, 7) is 7.54. The molecule has 5 nitrogen and oxygen atoms in total. The lowest BCUT2D eigenvalue weighted by Gasteiger charge is -2.18. The fraction of sp³-hybridized carbons (Fsp3) is 0.500. The predicted octanol–water partition coefficient (Wildman–Crippen LogP) is 2.22. The number of rotatable bonds is 4. The van der Waals surface area contributed by atoms with Crippen molar-refractivity contribution < 1.29 is 17.7 Å². The molecule has 0 aliphatic rings. The minimum atomic E-state index is -4.08. The largest absolute Gasteiger partial charge is 0.508 e. The van der Waals surface area contributed by atoms with Crippen molar-refractivity contribution in [2.24, 2.45) is 5.14 Å². The normalized spacial score (nSPS) is 12.2. The van der Waals surface area contributed by atoms with Crippen LogP contribution in [0.5, 0.6) is 11.5 Å². The maximum absolute atomic E-state index is 11.1. The average molecular weight is 273 g/mol. The third-order valence-electron chi connectivity index (χ3n) is 2.57. The molecule has 0 unspecified atom stereocenters. The standard InChI is InChI=1S/C12H19NO4S/c1-7(2)10-5-9(14)6-11(8(3)4)12(10)17-18(13,15)16/h5-8,14H,1-4H3,(H2,13,15,16). The first-order valence-electron chi connectivity index (χ1n) is 5.70. The average Bonchev–Trinajstić information content (AvgIpc) is 2.17. The first kappa shape index (κ1) is 14.8. The van der Waals surface area contributed by atoms with Gasteiger partial charge in [-0.25, -0.2) is 0 Å². The fourth-order valence-corrected chi connectivity index (χ4v) is 2.15. The molecule has 0 aliphatic heterocycles. The molecule has 0 bridgehead atoms. The summed E-state index contributed by atoms with van der Waals surface area (Å²) >= 11 is 0. The molecule has 102 valence electrons. The predicted molar refractivity (Wildman–Crippen MR) is 70.0 cm³/mol. The first-order valence-corrected chi connectivity index (χ1v) is 7.18. The summed E-state index contributed by atoms with van der Waals surface area (Å²) in [4.78, 5) is 0. The van der Waals surface area contributed by atoms with Crippen LogP contribution in [0.1, 0.15) is 50.7 Å². The second-order valence-corrected chi connectivity index (χ2v) is 5.99. The lowest BCUT2D eigenvalue weighted by molar-refractivity contribution is 0.459. The van der Waals surface area contributed by atoms with Crippen LogP contribution in [0.25, 0.3) is 0 Å².